The Bertz CT molecular complexity index is 629. The van der Waals surface area contributed by atoms with Gasteiger partial charge in [0.05, 0.1) is 12.7 Å². The maximum Gasteiger partial charge on any atom is 0.253 e. The fourth-order valence-electron chi connectivity index (χ4n) is 4.61. The van der Waals surface area contributed by atoms with Gasteiger partial charge < -0.3 is 19.1 Å². The summed E-state index contributed by atoms with van der Waals surface area (Å²) in [4.78, 5) is 17.3. The molecule has 3 aliphatic rings. The first-order valence-electron chi connectivity index (χ1n) is 10.1. The van der Waals surface area contributed by atoms with Gasteiger partial charge in [-0.15, -0.1) is 0 Å². The average Bonchev–Trinajstić information content (AvgIpc) is 2.74. The molecule has 4 rings (SSSR count). The lowest BCUT2D eigenvalue weighted by Gasteiger charge is -2.48. The van der Waals surface area contributed by atoms with Crippen LogP contribution in [0.2, 0.25) is 0 Å². The number of piperazine rings is 1. The second-order valence-corrected chi connectivity index (χ2v) is 7.85. The molecule has 1 aromatic rings. The Labute approximate surface area is 161 Å². The minimum Gasteiger partial charge on any atom is -0.497 e. The number of carbonyl (C=O) groups is 1. The predicted octanol–water partition coefficient (Wildman–Crippen LogP) is 2.18. The van der Waals surface area contributed by atoms with Crippen LogP contribution in [0.4, 0.5) is 0 Å². The van der Waals surface area contributed by atoms with E-state index in [4.69, 9.17) is 14.2 Å². The predicted molar refractivity (Wildman–Crippen MR) is 102 cm³/mol. The van der Waals surface area contributed by atoms with Gasteiger partial charge in [0.2, 0.25) is 0 Å². The smallest absolute Gasteiger partial charge is 0.253 e. The number of ether oxygens (including phenoxy) is 3. The second kappa shape index (κ2) is 8.17. The van der Waals surface area contributed by atoms with Crippen molar-refractivity contribution in [2.24, 2.45) is 0 Å². The molecular weight excluding hydrogens is 344 g/mol. The van der Waals surface area contributed by atoms with Crippen LogP contribution in [0.3, 0.4) is 0 Å². The fourth-order valence-corrected chi connectivity index (χ4v) is 4.61. The number of rotatable bonds is 3. The van der Waals surface area contributed by atoms with Gasteiger partial charge in [0, 0.05) is 57.6 Å². The molecule has 1 atom stereocenters. The summed E-state index contributed by atoms with van der Waals surface area (Å²) < 4.78 is 16.9. The highest BCUT2D eigenvalue weighted by atomic mass is 16.5. The first-order valence-corrected chi connectivity index (χ1v) is 10.1. The molecule has 3 aliphatic heterocycles. The van der Waals surface area contributed by atoms with Crippen LogP contribution in [-0.4, -0.2) is 80.5 Å². The lowest BCUT2D eigenvalue weighted by molar-refractivity contribution is -0.152. The zero-order valence-electron chi connectivity index (χ0n) is 16.2. The van der Waals surface area contributed by atoms with Crippen LogP contribution in [0, 0.1) is 0 Å². The highest BCUT2D eigenvalue weighted by molar-refractivity contribution is 5.94. The van der Waals surface area contributed by atoms with E-state index in [9.17, 15) is 4.79 Å². The minimum absolute atomic E-state index is 0.0250. The molecule has 1 spiro atoms. The summed E-state index contributed by atoms with van der Waals surface area (Å²) >= 11 is 0. The first-order chi connectivity index (χ1) is 13.2. The molecule has 1 aromatic carbocycles. The molecule has 0 bridgehead atoms. The Morgan fingerprint density at radius 3 is 2.44 bits per heavy atom. The summed E-state index contributed by atoms with van der Waals surface area (Å²) in [5.74, 6) is 0.892. The molecular formula is C21H30N2O4. The molecule has 0 saturated carbocycles. The first kappa shape index (κ1) is 18.7. The number of nitrogens with zero attached hydrogens (tertiary/aromatic N) is 2. The lowest BCUT2D eigenvalue weighted by Crippen LogP contribution is -2.56. The summed E-state index contributed by atoms with van der Waals surface area (Å²) in [7, 11) is 1.64. The van der Waals surface area contributed by atoms with Crippen molar-refractivity contribution in [3.8, 4) is 5.75 Å². The van der Waals surface area contributed by atoms with Gasteiger partial charge in [-0.2, -0.15) is 0 Å². The van der Waals surface area contributed by atoms with E-state index >= 15 is 0 Å². The monoisotopic (exact) mass is 374 g/mol. The SMILES string of the molecule is COc1ccc(C(=O)N2CCN([C@H]3CCOC4(CCOCC4)C3)CC2)cc1. The molecule has 3 saturated heterocycles. The van der Waals surface area contributed by atoms with E-state index in [0.29, 0.717) is 6.04 Å². The van der Waals surface area contributed by atoms with E-state index in [1.54, 1.807) is 7.11 Å². The van der Waals surface area contributed by atoms with Crippen LogP contribution < -0.4 is 4.74 Å². The number of hydrogen-bond acceptors (Lipinski definition) is 5. The van der Waals surface area contributed by atoms with E-state index in [1.165, 1.54) is 0 Å². The van der Waals surface area contributed by atoms with Crippen LogP contribution in [0.1, 0.15) is 36.0 Å². The molecule has 0 unspecified atom stereocenters. The standard InChI is InChI=1S/C21H30N2O4/c1-25-19-4-2-17(3-5-19)20(24)23-11-9-22(10-12-23)18-6-13-27-21(16-18)7-14-26-15-8-21/h2-5,18H,6-16H2,1H3/t18-/m0/s1. The quantitative estimate of drug-likeness (QED) is 0.812. The van der Waals surface area contributed by atoms with Crippen molar-refractivity contribution in [2.45, 2.75) is 37.3 Å². The number of benzene rings is 1. The second-order valence-electron chi connectivity index (χ2n) is 7.85. The molecule has 27 heavy (non-hydrogen) atoms. The third kappa shape index (κ3) is 4.13. The van der Waals surface area contributed by atoms with Crippen molar-refractivity contribution in [2.75, 3.05) is 53.1 Å². The van der Waals surface area contributed by atoms with Crippen molar-refractivity contribution in [1.29, 1.82) is 0 Å². The Morgan fingerprint density at radius 2 is 1.78 bits per heavy atom. The van der Waals surface area contributed by atoms with Gasteiger partial charge >= 0.3 is 0 Å². The van der Waals surface area contributed by atoms with Crippen LogP contribution in [0.15, 0.2) is 24.3 Å². The van der Waals surface area contributed by atoms with Crippen molar-refractivity contribution in [3.05, 3.63) is 29.8 Å². The maximum atomic E-state index is 12.8. The van der Waals surface area contributed by atoms with Gasteiger partial charge in [-0.05, 0) is 49.9 Å². The zero-order valence-corrected chi connectivity index (χ0v) is 16.2. The summed E-state index contributed by atoms with van der Waals surface area (Å²) in [6.07, 6.45) is 4.22. The molecule has 0 N–H and O–H groups in total. The van der Waals surface area contributed by atoms with Gasteiger partial charge in [0.25, 0.3) is 5.91 Å². The summed E-state index contributed by atoms with van der Waals surface area (Å²) in [5, 5.41) is 0. The van der Waals surface area contributed by atoms with E-state index in [2.05, 4.69) is 4.90 Å². The average molecular weight is 374 g/mol. The molecule has 0 aliphatic carbocycles. The van der Waals surface area contributed by atoms with Crippen LogP contribution in [0.5, 0.6) is 5.75 Å². The molecule has 6 heteroatoms. The van der Waals surface area contributed by atoms with E-state index in [0.717, 1.165) is 83.0 Å². The molecule has 0 aromatic heterocycles. The Kier molecular flexibility index (Phi) is 5.66. The largest absolute Gasteiger partial charge is 0.497 e. The van der Waals surface area contributed by atoms with Gasteiger partial charge in [-0.1, -0.05) is 0 Å². The Hall–Kier alpha value is -1.63. The number of carbonyl (C=O) groups excluding carboxylic acids is 1. The van der Waals surface area contributed by atoms with Crippen molar-refractivity contribution in [1.82, 2.24) is 9.80 Å². The van der Waals surface area contributed by atoms with E-state index in [-0.39, 0.29) is 11.5 Å². The van der Waals surface area contributed by atoms with Crippen LogP contribution in [-0.2, 0) is 9.47 Å². The zero-order chi connectivity index (χ0) is 18.7. The molecule has 3 heterocycles. The number of amides is 1. The third-order valence-electron chi connectivity index (χ3n) is 6.33. The molecule has 148 valence electrons. The Balaban J connectivity index is 1.32. The van der Waals surface area contributed by atoms with Crippen molar-refractivity contribution in [3.63, 3.8) is 0 Å². The third-order valence-corrected chi connectivity index (χ3v) is 6.33. The molecule has 1 amide bonds. The summed E-state index contributed by atoms with van der Waals surface area (Å²) in [6.45, 7) is 5.94. The Morgan fingerprint density at radius 1 is 1.07 bits per heavy atom. The fraction of sp³-hybridized carbons (Fsp3) is 0.667. The summed E-state index contributed by atoms with van der Waals surface area (Å²) in [6, 6.07) is 7.95. The molecule has 6 nitrogen and oxygen atoms in total. The topological polar surface area (TPSA) is 51.2 Å². The van der Waals surface area contributed by atoms with Gasteiger partial charge in [-0.25, -0.2) is 0 Å². The molecule has 3 fully saturated rings. The number of methoxy groups -OCH3 is 1. The van der Waals surface area contributed by atoms with E-state index in [1.807, 2.05) is 29.2 Å². The van der Waals surface area contributed by atoms with Crippen molar-refractivity contribution >= 4 is 5.91 Å². The highest BCUT2D eigenvalue weighted by Gasteiger charge is 2.41. The van der Waals surface area contributed by atoms with Crippen molar-refractivity contribution < 1.29 is 19.0 Å². The van der Waals surface area contributed by atoms with Gasteiger partial charge in [-0.3, -0.25) is 9.69 Å². The minimum atomic E-state index is 0.0250. The highest BCUT2D eigenvalue weighted by Crippen LogP contribution is 2.36. The lowest BCUT2D eigenvalue weighted by atomic mass is 9.83. The maximum absolute atomic E-state index is 12.8. The number of hydrogen-bond donors (Lipinski definition) is 0. The molecule has 0 radical (unpaired) electrons. The van der Waals surface area contributed by atoms with E-state index < -0.39 is 0 Å². The normalized spacial score (nSPS) is 26.1. The van der Waals surface area contributed by atoms with Crippen LogP contribution in [0.25, 0.3) is 0 Å². The summed E-state index contributed by atoms with van der Waals surface area (Å²) in [5.41, 5.74) is 0.758. The van der Waals surface area contributed by atoms with Crippen LogP contribution >= 0.6 is 0 Å². The van der Waals surface area contributed by atoms with Gasteiger partial charge in [0.15, 0.2) is 0 Å². The van der Waals surface area contributed by atoms with Gasteiger partial charge in [0.1, 0.15) is 5.75 Å².